The molecule has 3 N–H and O–H groups in total. The molecule has 2 aromatic rings. The molecule has 0 bridgehead atoms. The van der Waals surface area contributed by atoms with Gasteiger partial charge in [0.25, 0.3) is 5.91 Å². The number of benzene rings is 1. The summed E-state index contributed by atoms with van der Waals surface area (Å²) in [5.74, 6) is -0.166. The van der Waals surface area contributed by atoms with Crippen LogP contribution in [-0.2, 0) is 0 Å². The normalized spacial score (nSPS) is 11.8. The van der Waals surface area contributed by atoms with Crippen LogP contribution >= 0.6 is 46.1 Å². The predicted molar refractivity (Wildman–Crippen MR) is 90.5 cm³/mol. The summed E-state index contributed by atoms with van der Waals surface area (Å²) in [5.41, 5.74) is 7.23. The van der Waals surface area contributed by atoms with Gasteiger partial charge in [0.2, 0.25) is 0 Å². The first-order chi connectivity index (χ1) is 9.08. The van der Waals surface area contributed by atoms with Crippen LogP contribution in [0.25, 0.3) is 0 Å². The average Bonchev–Trinajstić information content (AvgIpc) is 2.83. The zero-order valence-corrected chi connectivity index (χ0v) is 13.6. The fourth-order valence-electron chi connectivity index (χ4n) is 1.61. The second-order valence-corrected chi connectivity index (χ2v) is 7.14. The van der Waals surface area contributed by atoms with E-state index in [0.29, 0.717) is 5.56 Å². The van der Waals surface area contributed by atoms with Crippen molar-refractivity contribution in [3.8, 4) is 0 Å². The third-order valence-corrected chi connectivity index (χ3v) is 4.55. The molecule has 1 aromatic heterocycles. The third kappa shape index (κ3) is 3.74. The van der Waals surface area contributed by atoms with Crippen LogP contribution in [0.4, 0.5) is 0 Å². The van der Waals surface area contributed by atoms with E-state index in [1.54, 1.807) is 0 Å². The standard InChI is InChI=1S/C13H11IN2OS2/c14-10-6-9(7-19-10)13(17)16-11(12(15)18)8-4-2-1-3-5-8/h1-7,11H,(H2,15,18)(H,16,17). The molecular formula is C13H11IN2OS2. The smallest absolute Gasteiger partial charge is 0.252 e. The number of hydrogen-bond acceptors (Lipinski definition) is 3. The molecule has 3 nitrogen and oxygen atoms in total. The molecule has 0 radical (unpaired) electrons. The van der Waals surface area contributed by atoms with Gasteiger partial charge in [-0.25, -0.2) is 0 Å². The Morgan fingerprint density at radius 2 is 2.05 bits per heavy atom. The summed E-state index contributed by atoms with van der Waals surface area (Å²) >= 11 is 8.74. The quantitative estimate of drug-likeness (QED) is 0.611. The van der Waals surface area contributed by atoms with Crippen LogP contribution in [-0.4, -0.2) is 10.9 Å². The maximum absolute atomic E-state index is 12.1. The number of amides is 1. The predicted octanol–water partition coefficient (Wildman–Crippen LogP) is 3.11. The SMILES string of the molecule is NC(=S)C(NC(=O)c1csc(I)c1)c1ccccc1. The maximum atomic E-state index is 12.1. The molecule has 1 atom stereocenters. The fourth-order valence-corrected chi connectivity index (χ4v) is 3.13. The Kier molecular flexibility index (Phi) is 4.89. The van der Waals surface area contributed by atoms with Gasteiger partial charge in [0.1, 0.15) is 11.0 Å². The fraction of sp³-hybridized carbons (Fsp3) is 0.0769. The van der Waals surface area contributed by atoms with Crippen LogP contribution < -0.4 is 11.1 Å². The van der Waals surface area contributed by atoms with Crippen molar-refractivity contribution in [3.63, 3.8) is 0 Å². The summed E-state index contributed by atoms with van der Waals surface area (Å²) in [6, 6.07) is 10.9. The van der Waals surface area contributed by atoms with Crippen LogP contribution in [0.2, 0.25) is 0 Å². The molecule has 0 fully saturated rings. The molecule has 6 heteroatoms. The number of nitrogens with two attached hydrogens (primary N) is 1. The molecule has 98 valence electrons. The number of carbonyl (C=O) groups is 1. The summed E-state index contributed by atoms with van der Waals surface area (Å²) < 4.78 is 1.06. The van der Waals surface area contributed by atoms with Gasteiger partial charge in [0.15, 0.2) is 0 Å². The number of thiocarbonyl (C=S) groups is 1. The van der Waals surface area contributed by atoms with Crippen molar-refractivity contribution >= 4 is 57.0 Å². The summed E-state index contributed by atoms with van der Waals surface area (Å²) in [6.45, 7) is 0. The molecule has 0 aliphatic heterocycles. The summed E-state index contributed by atoms with van der Waals surface area (Å²) in [7, 11) is 0. The molecule has 2 rings (SSSR count). The van der Waals surface area contributed by atoms with E-state index < -0.39 is 6.04 Å². The highest BCUT2D eigenvalue weighted by Gasteiger charge is 2.18. The van der Waals surface area contributed by atoms with Crippen molar-refractivity contribution in [1.29, 1.82) is 0 Å². The maximum Gasteiger partial charge on any atom is 0.252 e. The number of halogens is 1. The Balaban J connectivity index is 2.18. The molecule has 1 amide bonds. The molecule has 1 heterocycles. The van der Waals surface area contributed by atoms with Crippen molar-refractivity contribution in [3.05, 3.63) is 55.8 Å². The van der Waals surface area contributed by atoms with E-state index in [1.807, 2.05) is 41.8 Å². The minimum absolute atomic E-state index is 0.166. The van der Waals surface area contributed by atoms with Crippen LogP contribution in [0.5, 0.6) is 0 Å². The zero-order chi connectivity index (χ0) is 13.8. The van der Waals surface area contributed by atoms with Gasteiger partial charge in [0, 0.05) is 5.38 Å². The van der Waals surface area contributed by atoms with Gasteiger partial charge in [-0.2, -0.15) is 0 Å². The van der Waals surface area contributed by atoms with E-state index in [9.17, 15) is 4.79 Å². The lowest BCUT2D eigenvalue weighted by molar-refractivity contribution is 0.0947. The van der Waals surface area contributed by atoms with Crippen molar-refractivity contribution < 1.29 is 4.79 Å². The first-order valence-electron chi connectivity index (χ1n) is 5.47. The highest BCUT2D eigenvalue weighted by molar-refractivity contribution is 14.1. The third-order valence-electron chi connectivity index (χ3n) is 2.52. The first-order valence-corrected chi connectivity index (χ1v) is 7.84. The lowest BCUT2D eigenvalue weighted by Crippen LogP contribution is -2.36. The van der Waals surface area contributed by atoms with Crippen molar-refractivity contribution in [2.75, 3.05) is 0 Å². The molecule has 0 aliphatic rings. The molecule has 0 aliphatic carbocycles. The monoisotopic (exact) mass is 402 g/mol. The van der Waals surface area contributed by atoms with Crippen molar-refractivity contribution in [2.45, 2.75) is 6.04 Å². The average molecular weight is 402 g/mol. The molecule has 0 spiro atoms. The van der Waals surface area contributed by atoms with Gasteiger partial charge in [-0.3, -0.25) is 4.79 Å². The molecule has 19 heavy (non-hydrogen) atoms. The lowest BCUT2D eigenvalue weighted by Gasteiger charge is -2.17. The molecule has 0 saturated carbocycles. The minimum atomic E-state index is -0.443. The zero-order valence-electron chi connectivity index (χ0n) is 9.80. The van der Waals surface area contributed by atoms with Crippen molar-refractivity contribution in [1.82, 2.24) is 5.32 Å². The molecule has 1 aromatic carbocycles. The molecule has 1 unspecified atom stereocenters. The van der Waals surface area contributed by atoms with Gasteiger partial charge in [0.05, 0.1) is 8.45 Å². The molecular weight excluding hydrogens is 391 g/mol. The van der Waals surface area contributed by atoms with E-state index in [2.05, 4.69) is 27.9 Å². The van der Waals surface area contributed by atoms with Crippen molar-refractivity contribution in [2.24, 2.45) is 5.73 Å². The summed E-state index contributed by atoms with van der Waals surface area (Å²) in [6.07, 6.45) is 0. The van der Waals surface area contributed by atoms with E-state index in [4.69, 9.17) is 18.0 Å². The lowest BCUT2D eigenvalue weighted by atomic mass is 10.1. The Morgan fingerprint density at radius 1 is 1.37 bits per heavy atom. The van der Waals surface area contributed by atoms with Crippen LogP contribution in [0.15, 0.2) is 41.8 Å². The Bertz CT molecular complexity index is 598. The van der Waals surface area contributed by atoms with Gasteiger partial charge >= 0.3 is 0 Å². The largest absolute Gasteiger partial charge is 0.391 e. The first kappa shape index (κ1) is 14.4. The van der Waals surface area contributed by atoms with E-state index in [-0.39, 0.29) is 10.9 Å². The Labute approximate surface area is 134 Å². The number of carbonyl (C=O) groups excluding carboxylic acids is 1. The summed E-state index contributed by atoms with van der Waals surface area (Å²) in [5, 5.41) is 4.68. The number of hydrogen-bond donors (Lipinski definition) is 2. The Morgan fingerprint density at radius 3 is 2.58 bits per heavy atom. The number of thiophene rings is 1. The van der Waals surface area contributed by atoms with Crippen LogP contribution in [0.1, 0.15) is 22.0 Å². The number of nitrogens with one attached hydrogen (secondary N) is 1. The van der Waals surface area contributed by atoms with Gasteiger partial charge < -0.3 is 11.1 Å². The van der Waals surface area contributed by atoms with E-state index in [0.717, 1.165) is 8.45 Å². The van der Waals surface area contributed by atoms with E-state index >= 15 is 0 Å². The van der Waals surface area contributed by atoms with Gasteiger partial charge in [-0.1, -0.05) is 42.5 Å². The van der Waals surface area contributed by atoms with Gasteiger partial charge in [-0.15, -0.1) is 11.3 Å². The topological polar surface area (TPSA) is 55.1 Å². The summed E-state index contributed by atoms with van der Waals surface area (Å²) in [4.78, 5) is 12.4. The molecule has 0 saturated heterocycles. The highest BCUT2D eigenvalue weighted by atomic mass is 127. The van der Waals surface area contributed by atoms with Crippen LogP contribution in [0, 0.1) is 2.88 Å². The Hall–Kier alpha value is -0.990. The highest BCUT2D eigenvalue weighted by Crippen LogP contribution is 2.18. The second-order valence-electron chi connectivity index (χ2n) is 3.86. The van der Waals surface area contributed by atoms with E-state index in [1.165, 1.54) is 11.3 Å². The number of rotatable bonds is 4. The minimum Gasteiger partial charge on any atom is -0.391 e. The van der Waals surface area contributed by atoms with Gasteiger partial charge in [-0.05, 0) is 34.2 Å². The van der Waals surface area contributed by atoms with Crippen LogP contribution in [0.3, 0.4) is 0 Å². The second kappa shape index (κ2) is 6.44.